The highest BCUT2D eigenvalue weighted by Gasteiger charge is 2.31. The van der Waals surface area contributed by atoms with Crippen LogP contribution in [0.15, 0.2) is 61.1 Å². The van der Waals surface area contributed by atoms with Gasteiger partial charge < -0.3 is 9.80 Å². The maximum atomic E-state index is 12.0. The molecule has 0 bridgehead atoms. The van der Waals surface area contributed by atoms with Crippen molar-refractivity contribution in [2.75, 3.05) is 22.9 Å². The number of hydrogen-bond donors (Lipinski definition) is 0. The van der Waals surface area contributed by atoms with E-state index in [2.05, 4.69) is 15.0 Å². The molecule has 0 aliphatic heterocycles. The second-order valence-corrected chi connectivity index (χ2v) is 6.06. The van der Waals surface area contributed by atoms with E-state index in [-0.39, 0.29) is 31.3 Å². The summed E-state index contributed by atoms with van der Waals surface area (Å²) in [4.78, 5) is 26.8. The molecule has 1 aromatic carbocycles. The molecule has 0 fully saturated rings. The van der Waals surface area contributed by atoms with E-state index in [1.54, 1.807) is 29.3 Å². The molecule has 0 atom stereocenters. The number of aromatic nitrogens is 3. The van der Waals surface area contributed by atoms with Crippen molar-refractivity contribution >= 4 is 23.1 Å². The van der Waals surface area contributed by atoms with Crippen LogP contribution in [-0.2, 0) is 6.54 Å². The maximum absolute atomic E-state index is 12.0. The van der Waals surface area contributed by atoms with Gasteiger partial charge in [-0.05, 0) is 17.7 Å². The summed E-state index contributed by atoms with van der Waals surface area (Å²) in [5.74, 6) is 0.386. The van der Waals surface area contributed by atoms with Crippen molar-refractivity contribution < 1.29 is 4.92 Å². The van der Waals surface area contributed by atoms with Crippen molar-refractivity contribution in [2.45, 2.75) is 6.54 Å². The van der Waals surface area contributed by atoms with Crippen LogP contribution >= 0.6 is 0 Å². The number of hydrogen-bond acceptors (Lipinski definition) is 9. The third-order valence-corrected chi connectivity index (χ3v) is 4.15. The van der Waals surface area contributed by atoms with Gasteiger partial charge in [-0.25, -0.2) is 15.0 Å². The quantitative estimate of drug-likeness (QED) is 0.317. The Labute approximate surface area is 172 Å². The topological polar surface area (TPSA) is 136 Å². The fourth-order valence-corrected chi connectivity index (χ4v) is 2.87. The number of pyridine rings is 1. The highest BCUT2D eigenvalue weighted by molar-refractivity contribution is 5.75. The summed E-state index contributed by atoms with van der Waals surface area (Å²) in [6.45, 7) is -0.189. The molecule has 0 N–H and O–H groups in total. The van der Waals surface area contributed by atoms with Crippen molar-refractivity contribution in [1.29, 1.82) is 10.5 Å². The smallest absolute Gasteiger partial charge is 0.324 e. The Balaban J connectivity index is 2.18. The predicted octanol–water partition coefficient (Wildman–Crippen LogP) is 2.97. The number of rotatable bonds is 8. The Morgan fingerprint density at radius 2 is 1.60 bits per heavy atom. The van der Waals surface area contributed by atoms with E-state index in [1.807, 2.05) is 42.5 Å². The van der Waals surface area contributed by atoms with Gasteiger partial charge in [-0.3, -0.25) is 10.1 Å². The molecule has 148 valence electrons. The Morgan fingerprint density at radius 3 is 2.20 bits per heavy atom. The van der Waals surface area contributed by atoms with Crippen molar-refractivity contribution in [3.8, 4) is 12.1 Å². The van der Waals surface area contributed by atoms with Gasteiger partial charge in [-0.2, -0.15) is 10.5 Å². The summed E-state index contributed by atoms with van der Waals surface area (Å²) >= 11 is 0. The summed E-state index contributed by atoms with van der Waals surface area (Å²) < 4.78 is 0. The minimum absolute atomic E-state index is 0.0217. The minimum Gasteiger partial charge on any atom is -0.324 e. The van der Waals surface area contributed by atoms with Crippen molar-refractivity contribution in [3.63, 3.8) is 0 Å². The molecule has 0 radical (unpaired) electrons. The fraction of sp³-hybridized carbons (Fsp3) is 0.150. The third-order valence-electron chi connectivity index (χ3n) is 4.15. The number of nitrogens with zero attached hydrogens (tertiary/aromatic N) is 8. The number of benzene rings is 1. The first-order chi connectivity index (χ1) is 14.7. The highest BCUT2D eigenvalue weighted by atomic mass is 16.6. The van der Waals surface area contributed by atoms with Gasteiger partial charge >= 0.3 is 5.69 Å². The largest absolute Gasteiger partial charge is 0.354 e. The molecular weight excluding hydrogens is 384 g/mol. The van der Waals surface area contributed by atoms with Gasteiger partial charge in [0.05, 0.1) is 23.6 Å². The SMILES string of the molecule is N#CCN(CC#N)c1ncnc(N(Cc2ccccc2)c2ccccn2)c1[N+](=O)[O-]. The van der Waals surface area contributed by atoms with Crippen LogP contribution in [0.1, 0.15) is 5.56 Å². The van der Waals surface area contributed by atoms with E-state index in [1.165, 1.54) is 11.2 Å². The molecule has 0 saturated carbocycles. The molecule has 10 nitrogen and oxygen atoms in total. The zero-order valence-electron chi connectivity index (χ0n) is 15.8. The molecular formula is C20H16N8O2. The average molecular weight is 400 g/mol. The first-order valence-corrected chi connectivity index (χ1v) is 8.86. The van der Waals surface area contributed by atoms with Gasteiger partial charge in [0.25, 0.3) is 0 Å². The monoisotopic (exact) mass is 400 g/mol. The van der Waals surface area contributed by atoms with Gasteiger partial charge in [0.2, 0.25) is 11.6 Å². The molecule has 10 heteroatoms. The normalized spacial score (nSPS) is 9.93. The summed E-state index contributed by atoms with van der Waals surface area (Å²) in [5, 5.41) is 30.2. The van der Waals surface area contributed by atoms with Crippen LogP contribution in [0, 0.1) is 32.8 Å². The Kier molecular flexibility index (Phi) is 6.44. The van der Waals surface area contributed by atoms with Crippen molar-refractivity contribution in [2.24, 2.45) is 0 Å². The first kappa shape index (κ1) is 20.2. The van der Waals surface area contributed by atoms with Crippen LogP contribution in [-0.4, -0.2) is 33.0 Å². The lowest BCUT2D eigenvalue weighted by atomic mass is 10.2. The van der Waals surface area contributed by atoms with E-state index in [0.29, 0.717) is 5.82 Å². The van der Waals surface area contributed by atoms with E-state index < -0.39 is 10.6 Å². The van der Waals surface area contributed by atoms with Crippen molar-refractivity contribution in [3.05, 3.63) is 76.7 Å². The minimum atomic E-state index is -0.604. The molecule has 0 saturated heterocycles. The van der Waals surface area contributed by atoms with Gasteiger partial charge in [0.15, 0.2) is 0 Å². The summed E-state index contributed by atoms with van der Waals surface area (Å²) in [7, 11) is 0. The first-order valence-electron chi connectivity index (χ1n) is 8.86. The van der Waals surface area contributed by atoms with Crippen LogP contribution < -0.4 is 9.80 Å². The molecule has 3 rings (SSSR count). The third kappa shape index (κ3) is 4.46. The fourth-order valence-electron chi connectivity index (χ4n) is 2.87. The molecule has 2 aromatic heterocycles. The van der Waals surface area contributed by atoms with E-state index >= 15 is 0 Å². The van der Waals surface area contributed by atoms with Crippen molar-refractivity contribution in [1.82, 2.24) is 15.0 Å². The van der Waals surface area contributed by atoms with Gasteiger partial charge in [-0.1, -0.05) is 36.4 Å². The van der Waals surface area contributed by atoms with Gasteiger partial charge in [0.1, 0.15) is 25.2 Å². The second-order valence-electron chi connectivity index (χ2n) is 6.06. The van der Waals surface area contributed by atoms with Gasteiger partial charge in [0, 0.05) is 6.20 Å². The molecule has 0 unspecified atom stereocenters. The molecule has 0 aliphatic carbocycles. The predicted molar refractivity (Wildman–Crippen MR) is 109 cm³/mol. The molecule has 0 spiro atoms. The molecule has 2 heterocycles. The Hall–Kier alpha value is -4.57. The zero-order valence-corrected chi connectivity index (χ0v) is 15.8. The van der Waals surface area contributed by atoms with E-state index in [0.717, 1.165) is 5.56 Å². The van der Waals surface area contributed by atoms with Crippen LogP contribution in [0.25, 0.3) is 0 Å². The lowest BCUT2D eigenvalue weighted by Crippen LogP contribution is -2.27. The standard InChI is InChI=1S/C20H16N8O2/c21-9-12-26(13-10-22)19-18(28(29)30)20(25-15-24-19)27(17-8-4-5-11-23-17)14-16-6-2-1-3-7-16/h1-8,11,15H,12-14H2. The summed E-state index contributed by atoms with van der Waals surface area (Å²) in [6.07, 6.45) is 2.76. The van der Waals surface area contributed by atoms with E-state index in [9.17, 15) is 10.1 Å². The summed E-state index contributed by atoms with van der Waals surface area (Å²) in [5.41, 5.74) is 0.494. The Morgan fingerprint density at radius 1 is 0.933 bits per heavy atom. The van der Waals surface area contributed by atoms with Crippen LogP contribution in [0.4, 0.5) is 23.1 Å². The molecule has 30 heavy (non-hydrogen) atoms. The van der Waals surface area contributed by atoms with E-state index in [4.69, 9.17) is 10.5 Å². The van der Waals surface area contributed by atoms with Gasteiger partial charge in [-0.15, -0.1) is 0 Å². The molecule has 0 amide bonds. The number of anilines is 3. The summed E-state index contributed by atoms with van der Waals surface area (Å²) in [6, 6.07) is 18.4. The second kappa shape index (κ2) is 9.57. The maximum Gasteiger partial charge on any atom is 0.354 e. The average Bonchev–Trinajstić information content (AvgIpc) is 2.78. The molecule has 0 aliphatic rings. The lowest BCUT2D eigenvalue weighted by molar-refractivity contribution is -0.383. The van der Waals surface area contributed by atoms with Crippen LogP contribution in [0.3, 0.4) is 0 Å². The lowest BCUT2D eigenvalue weighted by Gasteiger charge is -2.24. The highest BCUT2D eigenvalue weighted by Crippen LogP contribution is 2.37. The van der Waals surface area contributed by atoms with Crippen LogP contribution in [0.2, 0.25) is 0 Å². The number of nitro groups is 1. The Bertz CT molecular complexity index is 1080. The molecule has 3 aromatic rings. The zero-order chi connectivity index (χ0) is 21.3. The van der Waals surface area contributed by atoms with Crippen LogP contribution in [0.5, 0.6) is 0 Å². The number of nitriles is 2.